The van der Waals surface area contributed by atoms with Crippen LogP contribution in [0.15, 0.2) is 0 Å². The molecule has 2 saturated carbocycles. The number of hydrogen-bond acceptors (Lipinski definition) is 1. The van der Waals surface area contributed by atoms with E-state index < -0.39 is 0 Å². The summed E-state index contributed by atoms with van der Waals surface area (Å²) in [5.74, 6) is 1.81. The van der Waals surface area contributed by atoms with Crippen LogP contribution in [-0.2, 0) is 4.74 Å². The van der Waals surface area contributed by atoms with E-state index in [1.165, 1.54) is 25.7 Å². The molecule has 12 heavy (non-hydrogen) atoms. The molecule has 0 radical (unpaired) electrons. The Hall–Kier alpha value is -0.0400. The summed E-state index contributed by atoms with van der Waals surface area (Å²) in [5, 5.41) is 0. The molecule has 2 atom stereocenters. The summed E-state index contributed by atoms with van der Waals surface area (Å²) in [6, 6.07) is 0. The van der Waals surface area contributed by atoms with Crippen LogP contribution in [0.3, 0.4) is 0 Å². The Morgan fingerprint density at radius 3 is 2.33 bits per heavy atom. The normalized spacial score (nSPS) is 38.0. The van der Waals surface area contributed by atoms with Crippen LogP contribution in [0.2, 0.25) is 0 Å². The third-order valence-electron chi connectivity index (χ3n) is 4.22. The molecule has 2 rings (SSSR count). The van der Waals surface area contributed by atoms with Crippen molar-refractivity contribution in [3.8, 4) is 0 Å². The third kappa shape index (κ3) is 0.891. The highest BCUT2D eigenvalue weighted by molar-refractivity contribution is 5.08. The topological polar surface area (TPSA) is 9.23 Å². The van der Waals surface area contributed by atoms with Crippen LogP contribution in [0.5, 0.6) is 0 Å². The first kappa shape index (κ1) is 8.55. The number of rotatable bonds is 2. The average molecular weight is 168 g/mol. The van der Waals surface area contributed by atoms with Crippen molar-refractivity contribution in [1.82, 2.24) is 0 Å². The van der Waals surface area contributed by atoms with E-state index in [2.05, 4.69) is 13.8 Å². The molecule has 1 heteroatoms. The van der Waals surface area contributed by atoms with Gasteiger partial charge in [-0.25, -0.2) is 0 Å². The predicted molar refractivity (Wildman–Crippen MR) is 50.0 cm³/mol. The Labute approximate surface area is 75.5 Å². The molecule has 70 valence electrons. The Bertz CT molecular complexity index is 170. The minimum absolute atomic E-state index is 0.596. The first-order chi connectivity index (χ1) is 5.70. The standard InChI is InChI=1S/C11H20O/c1-8(2)9-7-10(12-3)11(9)5-4-6-11/h8-10H,4-7H2,1-3H3/t9-,10+/m0/s1. The van der Waals surface area contributed by atoms with Gasteiger partial charge in [0.25, 0.3) is 0 Å². The van der Waals surface area contributed by atoms with Crippen LogP contribution >= 0.6 is 0 Å². The number of ether oxygens (including phenoxy) is 1. The highest BCUT2D eigenvalue weighted by atomic mass is 16.5. The van der Waals surface area contributed by atoms with E-state index in [1.807, 2.05) is 7.11 Å². The van der Waals surface area contributed by atoms with Crippen molar-refractivity contribution in [3.05, 3.63) is 0 Å². The molecule has 0 aromatic carbocycles. The molecule has 0 unspecified atom stereocenters. The summed E-state index contributed by atoms with van der Waals surface area (Å²) in [6.45, 7) is 4.72. The van der Waals surface area contributed by atoms with Crippen molar-refractivity contribution in [2.45, 2.75) is 45.6 Å². The predicted octanol–water partition coefficient (Wildman–Crippen LogP) is 2.85. The van der Waals surface area contributed by atoms with Gasteiger partial charge >= 0.3 is 0 Å². The van der Waals surface area contributed by atoms with Crippen LogP contribution in [-0.4, -0.2) is 13.2 Å². The summed E-state index contributed by atoms with van der Waals surface area (Å²) >= 11 is 0. The van der Waals surface area contributed by atoms with Crippen LogP contribution in [0, 0.1) is 17.3 Å². The van der Waals surface area contributed by atoms with Crippen LogP contribution < -0.4 is 0 Å². The quantitative estimate of drug-likeness (QED) is 0.616. The monoisotopic (exact) mass is 168 g/mol. The zero-order valence-corrected chi connectivity index (χ0v) is 8.47. The molecule has 0 N–H and O–H groups in total. The van der Waals surface area contributed by atoms with Crippen molar-refractivity contribution in [2.24, 2.45) is 17.3 Å². The van der Waals surface area contributed by atoms with Gasteiger partial charge < -0.3 is 4.74 Å². The van der Waals surface area contributed by atoms with Gasteiger partial charge in [0.1, 0.15) is 0 Å². The van der Waals surface area contributed by atoms with Gasteiger partial charge in [-0.15, -0.1) is 0 Å². The van der Waals surface area contributed by atoms with Gasteiger partial charge in [-0.2, -0.15) is 0 Å². The smallest absolute Gasteiger partial charge is 0.0633 e. The van der Waals surface area contributed by atoms with Crippen LogP contribution in [0.1, 0.15) is 39.5 Å². The van der Waals surface area contributed by atoms with E-state index in [9.17, 15) is 0 Å². The molecule has 2 fully saturated rings. The van der Waals surface area contributed by atoms with E-state index in [-0.39, 0.29) is 0 Å². The Balaban J connectivity index is 2.03. The molecule has 0 bridgehead atoms. The Kier molecular flexibility index (Phi) is 1.95. The van der Waals surface area contributed by atoms with Gasteiger partial charge in [-0.05, 0) is 36.5 Å². The number of hydrogen-bond donors (Lipinski definition) is 0. The molecule has 0 aromatic rings. The lowest BCUT2D eigenvalue weighted by Crippen LogP contribution is -2.59. The average Bonchev–Trinajstić information content (AvgIpc) is 1.81. The lowest BCUT2D eigenvalue weighted by atomic mass is 9.45. The summed E-state index contributed by atoms with van der Waals surface area (Å²) < 4.78 is 5.52. The van der Waals surface area contributed by atoms with Gasteiger partial charge in [0.05, 0.1) is 6.10 Å². The lowest BCUT2D eigenvalue weighted by molar-refractivity contribution is -0.197. The molecule has 0 aromatic heterocycles. The molecule has 0 saturated heterocycles. The zero-order valence-electron chi connectivity index (χ0n) is 8.47. The van der Waals surface area contributed by atoms with Gasteiger partial charge in [-0.3, -0.25) is 0 Å². The molecule has 0 heterocycles. The molecule has 1 spiro atoms. The molecular formula is C11H20O. The maximum Gasteiger partial charge on any atom is 0.0633 e. The second kappa shape index (κ2) is 2.73. The summed E-state index contributed by atoms with van der Waals surface area (Å²) in [7, 11) is 1.88. The fraction of sp³-hybridized carbons (Fsp3) is 1.00. The van der Waals surface area contributed by atoms with E-state index >= 15 is 0 Å². The fourth-order valence-electron chi connectivity index (χ4n) is 3.32. The van der Waals surface area contributed by atoms with Crippen molar-refractivity contribution in [1.29, 1.82) is 0 Å². The zero-order chi connectivity index (χ0) is 8.77. The molecule has 2 aliphatic rings. The minimum atomic E-state index is 0.596. The maximum atomic E-state index is 5.52. The summed E-state index contributed by atoms with van der Waals surface area (Å²) in [4.78, 5) is 0. The maximum absolute atomic E-state index is 5.52. The van der Waals surface area contributed by atoms with Gasteiger partial charge in [0, 0.05) is 7.11 Å². The largest absolute Gasteiger partial charge is 0.381 e. The molecule has 1 nitrogen and oxygen atoms in total. The summed E-state index contributed by atoms with van der Waals surface area (Å²) in [6.07, 6.45) is 6.19. The third-order valence-corrected chi connectivity index (χ3v) is 4.22. The van der Waals surface area contributed by atoms with Gasteiger partial charge in [-0.1, -0.05) is 20.3 Å². The SMILES string of the molecule is CO[C@@H]1C[C@@H](C(C)C)C12CCC2. The molecule has 0 aliphatic heterocycles. The van der Waals surface area contributed by atoms with Crippen LogP contribution in [0.4, 0.5) is 0 Å². The second-order valence-electron chi connectivity index (χ2n) is 4.90. The second-order valence-corrected chi connectivity index (χ2v) is 4.90. The highest BCUT2D eigenvalue weighted by Crippen LogP contribution is 2.62. The fourth-order valence-corrected chi connectivity index (χ4v) is 3.32. The molecular weight excluding hydrogens is 148 g/mol. The van der Waals surface area contributed by atoms with Crippen molar-refractivity contribution in [3.63, 3.8) is 0 Å². The van der Waals surface area contributed by atoms with E-state index in [1.54, 1.807) is 0 Å². The van der Waals surface area contributed by atoms with Gasteiger partial charge in [0.2, 0.25) is 0 Å². The van der Waals surface area contributed by atoms with Crippen LogP contribution in [0.25, 0.3) is 0 Å². The minimum Gasteiger partial charge on any atom is -0.381 e. The number of methoxy groups -OCH3 is 1. The van der Waals surface area contributed by atoms with Crippen molar-refractivity contribution >= 4 is 0 Å². The molecule has 2 aliphatic carbocycles. The first-order valence-electron chi connectivity index (χ1n) is 5.23. The summed E-state index contributed by atoms with van der Waals surface area (Å²) in [5.41, 5.74) is 0.628. The lowest BCUT2D eigenvalue weighted by Gasteiger charge is -2.62. The first-order valence-corrected chi connectivity index (χ1v) is 5.23. The highest BCUT2D eigenvalue weighted by Gasteiger charge is 2.58. The van der Waals surface area contributed by atoms with Gasteiger partial charge in [0.15, 0.2) is 0 Å². The Morgan fingerprint density at radius 2 is 2.00 bits per heavy atom. The van der Waals surface area contributed by atoms with Crippen molar-refractivity contribution in [2.75, 3.05) is 7.11 Å². The molecule has 0 amide bonds. The van der Waals surface area contributed by atoms with E-state index in [4.69, 9.17) is 4.74 Å². The Morgan fingerprint density at radius 1 is 1.33 bits per heavy atom. The van der Waals surface area contributed by atoms with Crippen molar-refractivity contribution < 1.29 is 4.74 Å². The van der Waals surface area contributed by atoms with E-state index in [0.717, 1.165) is 11.8 Å². The van der Waals surface area contributed by atoms with E-state index in [0.29, 0.717) is 11.5 Å².